The van der Waals surface area contributed by atoms with Crippen LogP contribution in [-0.4, -0.2) is 49.9 Å². The Morgan fingerprint density at radius 3 is 2.79 bits per heavy atom. The molecular weight excluding hydrogens is 279 g/mol. The zero-order valence-electron chi connectivity index (χ0n) is 11.0. The summed E-state index contributed by atoms with van der Waals surface area (Å²) in [5, 5.41) is 5.40. The molecule has 1 N–H and O–H groups in total. The zero-order chi connectivity index (χ0) is 14.3. The molecule has 0 atom stereocenters. The van der Waals surface area contributed by atoms with E-state index in [0.29, 0.717) is 25.4 Å². The minimum absolute atomic E-state index is 0.196. The first kappa shape index (κ1) is 16.4. The van der Waals surface area contributed by atoms with E-state index in [4.69, 9.17) is 4.74 Å². The van der Waals surface area contributed by atoms with Gasteiger partial charge in [0.25, 0.3) is 0 Å². The highest BCUT2D eigenvalue weighted by Crippen LogP contribution is 2.19. The SMILES string of the molecule is CNCCN(Cc1csc(COC)n1)CC(F)(F)F. The van der Waals surface area contributed by atoms with E-state index in [0.717, 1.165) is 5.01 Å². The van der Waals surface area contributed by atoms with Gasteiger partial charge in [0.15, 0.2) is 0 Å². The van der Waals surface area contributed by atoms with Crippen molar-refractivity contribution in [2.75, 3.05) is 33.8 Å². The predicted molar refractivity (Wildman–Crippen MR) is 68.1 cm³/mol. The van der Waals surface area contributed by atoms with Gasteiger partial charge < -0.3 is 10.1 Å². The van der Waals surface area contributed by atoms with Crippen molar-refractivity contribution in [1.82, 2.24) is 15.2 Å². The molecule has 1 rings (SSSR count). The van der Waals surface area contributed by atoms with E-state index in [-0.39, 0.29) is 6.54 Å². The van der Waals surface area contributed by atoms with Crippen molar-refractivity contribution >= 4 is 11.3 Å². The molecule has 19 heavy (non-hydrogen) atoms. The highest BCUT2D eigenvalue weighted by molar-refractivity contribution is 7.09. The highest BCUT2D eigenvalue weighted by atomic mass is 32.1. The Morgan fingerprint density at radius 2 is 2.21 bits per heavy atom. The summed E-state index contributed by atoms with van der Waals surface area (Å²) in [6.07, 6.45) is -4.20. The fourth-order valence-corrected chi connectivity index (χ4v) is 2.33. The number of ether oxygens (including phenoxy) is 1. The maximum Gasteiger partial charge on any atom is 0.401 e. The highest BCUT2D eigenvalue weighted by Gasteiger charge is 2.30. The molecule has 0 aliphatic rings. The maximum atomic E-state index is 12.5. The number of rotatable bonds is 8. The predicted octanol–water partition coefficient (Wildman–Crippen LogP) is 1.87. The first-order chi connectivity index (χ1) is 8.94. The molecule has 1 heterocycles. The van der Waals surface area contributed by atoms with Gasteiger partial charge >= 0.3 is 6.18 Å². The summed E-state index contributed by atoms with van der Waals surface area (Å²) >= 11 is 1.40. The number of hydrogen-bond acceptors (Lipinski definition) is 5. The lowest BCUT2D eigenvalue weighted by molar-refractivity contribution is -0.147. The first-order valence-corrected chi connectivity index (χ1v) is 6.68. The zero-order valence-corrected chi connectivity index (χ0v) is 11.8. The molecule has 1 aromatic heterocycles. The number of nitrogens with one attached hydrogen (secondary N) is 1. The molecule has 0 fully saturated rings. The third-order valence-corrected chi connectivity index (χ3v) is 3.20. The second-order valence-corrected chi connectivity index (χ2v) is 5.04. The number of methoxy groups -OCH3 is 1. The minimum atomic E-state index is -4.20. The van der Waals surface area contributed by atoms with Crippen molar-refractivity contribution < 1.29 is 17.9 Å². The average molecular weight is 297 g/mol. The number of thiazole rings is 1. The molecule has 0 radical (unpaired) electrons. The largest absolute Gasteiger partial charge is 0.401 e. The van der Waals surface area contributed by atoms with Gasteiger partial charge in [0.05, 0.1) is 18.8 Å². The topological polar surface area (TPSA) is 37.4 Å². The van der Waals surface area contributed by atoms with E-state index in [9.17, 15) is 13.2 Å². The monoisotopic (exact) mass is 297 g/mol. The lowest BCUT2D eigenvalue weighted by atomic mass is 10.4. The molecule has 4 nitrogen and oxygen atoms in total. The summed E-state index contributed by atoms with van der Waals surface area (Å²) < 4.78 is 42.3. The summed E-state index contributed by atoms with van der Waals surface area (Å²) in [7, 11) is 3.27. The molecule has 0 saturated heterocycles. The summed E-state index contributed by atoms with van der Waals surface area (Å²) in [5.41, 5.74) is 0.650. The minimum Gasteiger partial charge on any atom is -0.378 e. The standard InChI is InChI=1S/C11H18F3N3OS/c1-15-3-4-17(8-11(12,13)14)5-9-7-19-10(16-9)6-18-2/h7,15H,3-6,8H2,1-2H3. The first-order valence-electron chi connectivity index (χ1n) is 5.80. The fourth-order valence-electron chi connectivity index (χ4n) is 1.58. The van der Waals surface area contributed by atoms with E-state index >= 15 is 0 Å². The lowest BCUT2D eigenvalue weighted by Gasteiger charge is -2.22. The van der Waals surface area contributed by atoms with Crippen molar-refractivity contribution in [3.05, 3.63) is 16.1 Å². The van der Waals surface area contributed by atoms with Crippen LogP contribution >= 0.6 is 11.3 Å². The molecule has 0 saturated carbocycles. The van der Waals surface area contributed by atoms with Crippen LogP contribution in [0.15, 0.2) is 5.38 Å². The Balaban J connectivity index is 2.58. The van der Waals surface area contributed by atoms with Crippen molar-refractivity contribution in [3.8, 4) is 0 Å². The molecule has 0 bridgehead atoms. The van der Waals surface area contributed by atoms with Crippen LogP contribution in [0.3, 0.4) is 0 Å². The van der Waals surface area contributed by atoms with Crippen LogP contribution in [0.1, 0.15) is 10.7 Å². The number of aromatic nitrogens is 1. The number of halogens is 3. The van der Waals surface area contributed by atoms with Crippen molar-refractivity contribution in [1.29, 1.82) is 0 Å². The maximum absolute atomic E-state index is 12.5. The Morgan fingerprint density at radius 1 is 1.47 bits per heavy atom. The van der Waals surface area contributed by atoms with Gasteiger partial charge in [-0.05, 0) is 7.05 Å². The van der Waals surface area contributed by atoms with Crippen LogP contribution in [0.25, 0.3) is 0 Å². The van der Waals surface area contributed by atoms with Crippen LogP contribution in [-0.2, 0) is 17.9 Å². The third kappa shape index (κ3) is 6.86. The van der Waals surface area contributed by atoms with E-state index < -0.39 is 12.7 Å². The van der Waals surface area contributed by atoms with Gasteiger partial charge in [0, 0.05) is 32.1 Å². The summed E-state index contributed by atoms with van der Waals surface area (Å²) in [6, 6.07) is 0. The molecule has 0 unspecified atom stereocenters. The molecule has 0 aromatic carbocycles. The second kappa shape index (κ2) is 7.78. The van der Waals surface area contributed by atoms with Crippen LogP contribution in [0.2, 0.25) is 0 Å². The Kier molecular flexibility index (Phi) is 6.70. The molecule has 0 aliphatic carbocycles. The summed E-state index contributed by atoms with van der Waals surface area (Å²) in [6.45, 7) is 0.492. The van der Waals surface area contributed by atoms with Crippen molar-refractivity contribution in [2.24, 2.45) is 0 Å². The number of hydrogen-bond donors (Lipinski definition) is 1. The quantitative estimate of drug-likeness (QED) is 0.795. The molecule has 0 amide bonds. The fraction of sp³-hybridized carbons (Fsp3) is 0.727. The van der Waals surface area contributed by atoms with Crippen molar-refractivity contribution in [2.45, 2.75) is 19.3 Å². The van der Waals surface area contributed by atoms with Gasteiger partial charge in [-0.2, -0.15) is 13.2 Å². The van der Waals surface area contributed by atoms with E-state index in [1.165, 1.54) is 16.2 Å². The average Bonchev–Trinajstić information content (AvgIpc) is 2.72. The van der Waals surface area contributed by atoms with Gasteiger partial charge in [0.2, 0.25) is 0 Å². The van der Waals surface area contributed by atoms with Gasteiger partial charge in [-0.25, -0.2) is 4.98 Å². The number of nitrogens with zero attached hydrogens (tertiary/aromatic N) is 2. The summed E-state index contributed by atoms with van der Waals surface area (Å²) in [5.74, 6) is 0. The molecule has 8 heteroatoms. The normalized spacial score (nSPS) is 12.3. The number of alkyl halides is 3. The Hall–Kier alpha value is -0.700. The van der Waals surface area contributed by atoms with Gasteiger partial charge in [-0.15, -0.1) is 11.3 Å². The lowest BCUT2D eigenvalue weighted by Crippen LogP contribution is -2.37. The van der Waals surface area contributed by atoms with Crippen LogP contribution in [0, 0.1) is 0 Å². The molecule has 110 valence electrons. The van der Waals surface area contributed by atoms with E-state index in [1.807, 2.05) is 0 Å². The molecule has 0 aliphatic heterocycles. The van der Waals surface area contributed by atoms with Gasteiger partial charge in [-0.1, -0.05) is 0 Å². The number of likely N-dealkylation sites (N-methyl/N-ethyl adjacent to an activating group) is 1. The molecular formula is C11H18F3N3OS. The third-order valence-electron chi connectivity index (χ3n) is 2.33. The molecule has 1 aromatic rings. The van der Waals surface area contributed by atoms with Crippen LogP contribution < -0.4 is 5.32 Å². The van der Waals surface area contributed by atoms with E-state index in [1.54, 1.807) is 19.5 Å². The second-order valence-electron chi connectivity index (χ2n) is 4.09. The Bertz CT molecular complexity index is 370. The van der Waals surface area contributed by atoms with Crippen LogP contribution in [0.4, 0.5) is 13.2 Å². The summed E-state index contributed by atoms with van der Waals surface area (Å²) in [4.78, 5) is 5.58. The molecule has 0 spiro atoms. The smallest absolute Gasteiger partial charge is 0.378 e. The Labute approximate surface area is 114 Å². The van der Waals surface area contributed by atoms with Crippen LogP contribution in [0.5, 0.6) is 0 Å². The van der Waals surface area contributed by atoms with Gasteiger partial charge in [0.1, 0.15) is 5.01 Å². The van der Waals surface area contributed by atoms with Gasteiger partial charge in [-0.3, -0.25) is 4.90 Å². The van der Waals surface area contributed by atoms with E-state index in [2.05, 4.69) is 10.3 Å². The van der Waals surface area contributed by atoms with Crippen molar-refractivity contribution in [3.63, 3.8) is 0 Å².